The summed E-state index contributed by atoms with van der Waals surface area (Å²) < 4.78 is 4.77. The van der Waals surface area contributed by atoms with Crippen molar-refractivity contribution < 1.29 is 0 Å². The molecule has 64 heavy (non-hydrogen) atoms. The highest BCUT2D eigenvalue weighted by Gasteiger charge is 2.23. The number of rotatable bonds is 6. The van der Waals surface area contributed by atoms with Crippen LogP contribution in [0, 0.1) is 0 Å². The SMILES string of the molecule is c1ccc(-c2cccc(-n3c4ccccc4c4c(-c5ccc6c(c5)c5cc7ccccc7cc5n6-c5nc6ccccc6nc5-c5ccccc5-c5ccccc5)cccc43)c2)cc1. The van der Waals surface area contributed by atoms with Gasteiger partial charge >= 0.3 is 0 Å². The predicted molar refractivity (Wildman–Crippen MR) is 267 cm³/mol. The molecule has 0 saturated carbocycles. The summed E-state index contributed by atoms with van der Waals surface area (Å²) in [6, 6.07) is 82.8. The van der Waals surface area contributed by atoms with Gasteiger partial charge in [-0.2, -0.15) is 0 Å². The van der Waals surface area contributed by atoms with Crippen LogP contribution in [-0.2, 0) is 0 Å². The highest BCUT2D eigenvalue weighted by atomic mass is 15.1. The molecule has 0 N–H and O–H groups in total. The van der Waals surface area contributed by atoms with Crippen LogP contribution in [0.25, 0.3) is 122 Å². The van der Waals surface area contributed by atoms with Crippen LogP contribution < -0.4 is 0 Å². The van der Waals surface area contributed by atoms with Gasteiger partial charge in [0.05, 0.1) is 33.1 Å². The molecule has 13 rings (SSSR count). The van der Waals surface area contributed by atoms with E-state index in [1.54, 1.807) is 0 Å². The zero-order chi connectivity index (χ0) is 42.1. The molecule has 3 aromatic heterocycles. The van der Waals surface area contributed by atoms with E-state index in [-0.39, 0.29) is 0 Å². The van der Waals surface area contributed by atoms with Crippen molar-refractivity contribution in [3.05, 3.63) is 231 Å². The molecule has 0 aliphatic rings. The van der Waals surface area contributed by atoms with E-state index < -0.39 is 0 Å². The summed E-state index contributed by atoms with van der Waals surface area (Å²) in [4.78, 5) is 11.0. The highest BCUT2D eigenvalue weighted by molar-refractivity contribution is 6.18. The Kier molecular flexibility index (Phi) is 8.18. The molecule has 0 radical (unpaired) electrons. The second-order valence-corrected chi connectivity index (χ2v) is 16.5. The number of para-hydroxylation sites is 3. The van der Waals surface area contributed by atoms with Gasteiger partial charge in [-0.05, 0) is 105 Å². The normalized spacial score (nSPS) is 11.8. The lowest BCUT2D eigenvalue weighted by Crippen LogP contribution is -2.04. The largest absolute Gasteiger partial charge is 0.309 e. The lowest BCUT2D eigenvalue weighted by Gasteiger charge is -2.16. The Morgan fingerprint density at radius 2 is 0.891 bits per heavy atom. The maximum absolute atomic E-state index is 5.52. The number of benzene rings is 10. The second kappa shape index (κ2) is 14.5. The molecule has 0 amide bonds. The molecule has 0 aliphatic heterocycles. The lowest BCUT2D eigenvalue weighted by molar-refractivity contribution is 1.08. The molecule has 10 aromatic carbocycles. The van der Waals surface area contributed by atoms with Crippen molar-refractivity contribution in [1.82, 2.24) is 19.1 Å². The van der Waals surface area contributed by atoms with Gasteiger partial charge in [0.2, 0.25) is 0 Å². The van der Waals surface area contributed by atoms with Gasteiger partial charge in [0.1, 0.15) is 5.69 Å². The first-order chi connectivity index (χ1) is 31.7. The predicted octanol–water partition coefficient (Wildman–Crippen LogP) is 15.6. The van der Waals surface area contributed by atoms with Crippen LogP contribution in [0.4, 0.5) is 0 Å². The molecule has 0 aliphatic carbocycles. The standard InChI is InChI=1S/C60H38N4/c1-3-17-39(18-4-1)41-23-15-24-45(35-41)63-54-31-14-11-27-49(54)58-47(28-16-32-56(58)63)44-33-34-55-50(37-44)51-36-42-21-7-8-22-43(42)38-57(51)64(55)60-59(61-52-29-12-13-30-53(52)62-60)48-26-10-9-25-46(48)40-19-5-2-6-20-40/h1-38H. The molecule has 0 atom stereocenters. The van der Waals surface area contributed by atoms with E-state index in [4.69, 9.17) is 9.97 Å². The van der Waals surface area contributed by atoms with Gasteiger partial charge in [-0.25, -0.2) is 9.97 Å². The van der Waals surface area contributed by atoms with Gasteiger partial charge in [0.15, 0.2) is 5.82 Å². The first-order valence-corrected chi connectivity index (χ1v) is 21.8. The Bertz CT molecular complexity index is 3950. The minimum atomic E-state index is 0.799. The van der Waals surface area contributed by atoms with E-state index in [1.165, 1.54) is 54.7 Å². The van der Waals surface area contributed by atoms with E-state index in [9.17, 15) is 0 Å². The van der Waals surface area contributed by atoms with Gasteiger partial charge < -0.3 is 4.57 Å². The second-order valence-electron chi connectivity index (χ2n) is 16.5. The Hall–Kier alpha value is -8.60. The summed E-state index contributed by atoms with van der Waals surface area (Å²) in [5.41, 5.74) is 16.2. The third kappa shape index (κ3) is 5.70. The summed E-state index contributed by atoms with van der Waals surface area (Å²) in [7, 11) is 0. The van der Waals surface area contributed by atoms with Crippen molar-refractivity contribution in [3.63, 3.8) is 0 Å². The molecular formula is C60H38N4. The summed E-state index contributed by atoms with van der Waals surface area (Å²) in [5.74, 6) is 0.799. The quantitative estimate of drug-likeness (QED) is 0.168. The molecule has 0 fully saturated rings. The van der Waals surface area contributed by atoms with E-state index in [0.29, 0.717) is 0 Å². The first-order valence-electron chi connectivity index (χ1n) is 21.8. The molecule has 13 aromatic rings. The zero-order valence-corrected chi connectivity index (χ0v) is 34.7. The molecule has 4 heteroatoms. The van der Waals surface area contributed by atoms with Crippen molar-refractivity contribution in [2.75, 3.05) is 0 Å². The van der Waals surface area contributed by atoms with Gasteiger partial charge in [0, 0.05) is 32.8 Å². The number of aromatic nitrogens is 4. The van der Waals surface area contributed by atoms with Crippen molar-refractivity contribution in [1.29, 1.82) is 0 Å². The highest BCUT2D eigenvalue weighted by Crippen LogP contribution is 2.44. The van der Waals surface area contributed by atoms with Crippen molar-refractivity contribution in [2.45, 2.75) is 0 Å². The van der Waals surface area contributed by atoms with Gasteiger partial charge in [-0.1, -0.05) is 170 Å². The number of nitrogens with zero attached hydrogens (tertiary/aromatic N) is 4. The third-order valence-corrected chi connectivity index (χ3v) is 12.9. The van der Waals surface area contributed by atoms with E-state index in [1.807, 2.05) is 12.1 Å². The van der Waals surface area contributed by atoms with Crippen LogP contribution in [0.5, 0.6) is 0 Å². The van der Waals surface area contributed by atoms with Gasteiger partial charge in [-0.3, -0.25) is 4.57 Å². The molecule has 3 heterocycles. The first kappa shape index (κ1) is 36.1. The number of hydrogen-bond donors (Lipinski definition) is 0. The van der Waals surface area contributed by atoms with Crippen molar-refractivity contribution in [3.8, 4) is 56.1 Å². The van der Waals surface area contributed by atoms with E-state index in [0.717, 1.165) is 66.9 Å². The van der Waals surface area contributed by atoms with E-state index in [2.05, 4.69) is 228 Å². The van der Waals surface area contributed by atoms with Crippen LogP contribution in [0.1, 0.15) is 0 Å². The van der Waals surface area contributed by atoms with Crippen LogP contribution >= 0.6 is 0 Å². The average molecular weight is 815 g/mol. The fourth-order valence-corrected chi connectivity index (χ4v) is 9.98. The monoisotopic (exact) mass is 814 g/mol. The Balaban J connectivity index is 1.08. The fourth-order valence-electron chi connectivity index (χ4n) is 9.98. The Morgan fingerprint density at radius 1 is 0.297 bits per heavy atom. The summed E-state index contributed by atoms with van der Waals surface area (Å²) >= 11 is 0. The fraction of sp³-hybridized carbons (Fsp3) is 0. The Morgan fingerprint density at radius 3 is 1.72 bits per heavy atom. The van der Waals surface area contributed by atoms with Crippen molar-refractivity contribution in [2.24, 2.45) is 0 Å². The van der Waals surface area contributed by atoms with Crippen LogP contribution in [0.3, 0.4) is 0 Å². The van der Waals surface area contributed by atoms with E-state index >= 15 is 0 Å². The van der Waals surface area contributed by atoms with Crippen LogP contribution in [-0.4, -0.2) is 19.1 Å². The number of hydrogen-bond acceptors (Lipinski definition) is 2. The molecule has 0 unspecified atom stereocenters. The minimum absolute atomic E-state index is 0.799. The lowest BCUT2D eigenvalue weighted by atomic mass is 9.97. The topological polar surface area (TPSA) is 35.6 Å². The molecule has 298 valence electrons. The molecule has 0 spiro atoms. The van der Waals surface area contributed by atoms with Crippen LogP contribution in [0.15, 0.2) is 231 Å². The Labute approximate surface area is 369 Å². The summed E-state index contributed by atoms with van der Waals surface area (Å²) in [5, 5.41) is 7.15. The molecule has 0 saturated heterocycles. The van der Waals surface area contributed by atoms with Gasteiger partial charge in [-0.15, -0.1) is 0 Å². The number of fused-ring (bicyclic) bond motifs is 8. The smallest absolute Gasteiger partial charge is 0.165 e. The van der Waals surface area contributed by atoms with Crippen LogP contribution in [0.2, 0.25) is 0 Å². The maximum Gasteiger partial charge on any atom is 0.165 e. The minimum Gasteiger partial charge on any atom is -0.309 e. The average Bonchev–Trinajstić information content (AvgIpc) is 3.88. The summed E-state index contributed by atoms with van der Waals surface area (Å²) in [6.45, 7) is 0. The molecule has 0 bridgehead atoms. The third-order valence-electron chi connectivity index (χ3n) is 12.9. The maximum atomic E-state index is 5.52. The zero-order valence-electron chi connectivity index (χ0n) is 34.7. The summed E-state index contributed by atoms with van der Waals surface area (Å²) in [6.07, 6.45) is 0. The molecular weight excluding hydrogens is 777 g/mol. The van der Waals surface area contributed by atoms with Gasteiger partial charge in [0.25, 0.3) is 0 Å². The van der Waals surface area contributed by atoms with Crippen molar-refractivity contribution >= 4 is 65.4 Å². The molecule has 4 nitrogen and oxygen atoms in total.